The summed E-state index contributed by atoms with van der Waals surface area (Å²) in [5.41, 5.74) is 3.50. The molecule has 0 aromatic heterocycles. The van der Waals surface area contributed by atoms with E-state index < -0.39 is 0 Å². The van der Waals surface area contributed by atoms with Gasteiger partial charge in [-0.25, -0.2) is 4.99 Å². The van der Waals surface area contributed by atoms with Crippen LogP contribution in [0, 0.1) is 6.92 Å². The molecule has 0 saturated carbocycles. The smallest absolute Gasteiger partial charge is 0.264 e. The Morgan fingerprint density at radius 3 is 2.58 bits per heavy atom. The predicted molar refractivity (Wildman–Crippen MR) is 128 cm³/mol. The molecule has 1 amide bonds. The van der Waals surface area contributed by atoms with E-state index in [-0.39, 0.29) is 5.91 Å². The zero-order valence-electron chi connectivity index (χ0n) is 17.7. The number of ether oxygens (including phenoxy) is 2. The summed E-state index contributed by atoms with van der Waals surface area (Å²) in [6.45, 7) is 3.95. The number of thioether (sulfide) groups is 1. The summed E-state index contributed by atoms with van der Waals surface area (Å²) in [5.74, 6) is 1.26. The van der Waals surface area contributed by atoms with Gasteiger partial charge in [0.05, 0.1) is 30.5 Å². The van der Waals surface area contributed by atoms with E-state index in [2.05, 4.69) is 15.2 Å². The fraction of sp³-hybridized carbons (Fsp3) is 0.304. The zero-order valence-corrected chi connectivity index (χ0v) is 19.3. The van der Waals surface area contributed by atoms with Gasteiger partial charge in [-0.05, 0) is 61.4 Å². The van der Waals surface area contributed by atoms with Gasteiger partial charge in [0, 0.05) is 29.7 Å². The van der Waals surface area contributed by atoms with Gasteiger partial charge >= 0.3 is 0 Å². The molecule has 2 aromatic carbocycles. The van der Waals surface area contributed by atoms with Gasteiger partial charge in [-0.15, -0.1) is 0 Å². The van der Waals surface area contributed by atoms with Gasteiger partial charge < -0.3 is 19.7 Å². The maximum Gasteiger partial charge on any atom is 0.264 e. The van der Waals surface area contributed by atoms with Crippen molar-refractivity contribution in [1.82, 2.24) is 5.32 Å². The average Bonchev–Trinajstić information content (AvgIpc) is 3.40. The van der Waals surface area contributed by atoms with E-state index in [9.17, 15) is 4.79 Å². The molecule has 8 heteroatoms. The second kappa shape index (κ2) is 9.24. The molecule has 31 heavy (non-hydrogen) atoms. The summed E-state index contributed by atoms with van der Waals surface area (Å²) in [7, 11) is 3.29. The lowest BCUT2D eigenvalue weighted by Gasteiger charge is -2.22. The normalized spacial score (nSPS) is 18.7. The van der Waals surface area contributed by atoms with Crippen LogP contribution in [0.4, 0.5) is 11.4 Å². The van der Waals surface area contributed by atoms with Crippen molar-refractivity contribution in [3.8, 4) is 11.5 Å². The number of halogens is 1. The van der Waals surface area contributed by atoms with Crippen LogP contribution < -0.4 is 19.7 Å². The Balaban J connectivity index is 1.65. The number of benzene rings is 2. The summed E-state index contributed by atoms with van der Waals surface area (Å²) in [6, 6.07) is 9.40. The van der Waals surface area contributed by atoms with Crippen molar-refractivity contribution < 1.29 is 14.3 Å². The van der Waals surface area contributed by atoms with Crippen LogP contribution in [-0.2, 0) is 4.79 Å². The SMILES string of the molecule is COc1cc(N2CCCC2)c(OC)cc1/C=C1/SC(=Nc2cc(Cl)ccc2C)NC1=O. The molecule has 2 aliphatic heterocycles. The number of amidine groups is 1. The monoisotopic (exact) mass is 457 g/mol. The lowest BCUT2D eigenvalue weighted by molar-refractivity contribution is -0.115. The molecule has 4 rings (SSSR count). The zero-order chi connectivity index (χ0) is 22.0. The van der Waals surface area contributed by atoms with Crippen LogP contribution in [0.15, 0.2) is 40.2 Å². The number of carbonyl (C=O) groups excluding carboxylic acids is 1. The van der Waals surface area contributed by atoms with E-state index in [0.29, 0.717) is 20.8 Å². The molecule has 2 saturated heterocycles. The molecule has 1 N–H and O–H groups in total. The van der Waals surface area contributed by atoms with Gasteiger partial charge in [0.25, 0.3) is 5.91 Å². The number of aliphatic imine (C=N–C) groups is 1. The van der Waals surface area contributed by atoms with Crippen molar-refractivity contribution in [2.45, 2.75) is 19.8 Å². The van der Waals surface area contributed by atoms with Gasteiger partial charge in [0.2, 0.25) is 0 Å². The minimum atomic E-state index is -0.201. The highest BCUT2D eigenvalue weighted by molar-refractivity contribution is 8.18. The van der Waals surface area contributed by atoms with Crippen LogP contribution >= 0.6 is 23.4 Å². The maximum absolute atomic E-state index is 12.6. The fourth-order valence-corrected chi connectivity index (χ4v) is 4.65. The minimum absolute atomic E-state index is 0.201. The van der Waals surface area contributed by atoms with Crippen LogP contribution in [0.5, 0.6) is 11.5 Å². The molecule has 6 nitrogen and oxygen atoms in total. The first-order valence-electron chi connectivity index (χ1n) is 10.0. The molecule has 2 aromatic rings. The summed E-state index contributed by atoms with van der Waals surface area (Å²) in [6.07, 6.45) is 4.15. The van der Waals surface area contributed by atoms with Crippen molar-refractivity contribution in [1.29, 1.82) is 0 Å². The third-order valence-electron chi connectivity index (χ3n) is 5.31. The molecule has 0 aliphatic carbocycles. The number of nitrogens with one attached hydrogen (secondary N) is 1. The number of methoxy groups -OCH3 is 2. The maximum atomic E-state index is 12.6. The molecule has 0 bridgehead atoms. The van der Waals surface area contributed by atoms with E-state index in [1.807, 2.05) is 37.3 Å². The molecule has 0 atom stereocenters. The van der Waals surface area contributed by atoms with Crippen LogP contribution in [0.25, 0.3) is 6.08 Å². The summed E-state index contributed by atoms with van der Waals surface area (Å²) in [5, 5.41) is 3.94. The van der Waals surface area contributed by atoms with E-state index in [4.69, 9.17) is 21.1 Å². The van der Waals surface area contributed by atoms with Gasteiger partial charge in [-0.1, -0.05) is 17.7 Å². The number of carbonyl (C=O) groups is 1. The molecule has 162 valence electrons. The highest BCUT2D eigenvalue weighted by Gasteiger charge is 2.25. The topological polar surface area (TPSA) is 63.2 Å². The first-order valence-corrected chi connectivity index (χ1v) is 11.2. The summed E-state index contributed by atoms with van der Waals surface area (Å²) < 4.78 is 11.3. The van der Waals surface area contributed by atoms with E-state index >= 15 is 0 Å². The molecule has 2 heterocycles. The summed E-state index contributed by atoms with van der Waals surface area (Å²) in [4.78, 5) is 20.0. The largest absolute Gasteiger partial charge is 0.496 e. The highest BCUT2D eigenvalue weighted by atomic mass is 35.5. The van der Waals surface area contributed by atoms with Gasteiger partial charge in [-0.3, -0.25) is 4.79 Å². The Labute approximate surface area is 191 Å². The fourth-order valence-electron chi connectivity index (χ4n) is 3.66. The molecular formula is C23H24ClN3O3S. The van der Waals surface area contributed by atoms with Crippen molar-refractivity contribution in [3.05, 3.63) is 51.4 Å². The van der Waals surface area contributed by atoms with Crippen LogP contribution in [-0.4, -0.2) is 38.4 Å². The second-order valence-corrected chi connectivity index (χ2v) is 8.84. The highest BCUT2D eigenvalue weighted by Crippen LogP contribution is 2.39. The Morgan fingerprint density at radius 1 is 1.13 bits per heavy atom. The van der Waals surface area contributed by atoms with Crippen LogP contribution in [0.2, 0.25) is 5.02 Å². The van der Waals surface area contributed by atoms with E-state index in [1.54, 1.807) is 20.3 Å². The second-order valence-electron chi connectivity index (χ2n) is 7.37. The molecular weight excluding hydrogens is 434 g/mol. The molecule has 0 spiro atoms. The number of rotatable bonds is 5. The first-order chi connectivity index (χ1) is 15.0. The van der Waals surface area contributed by atoms with Crippen LogP contribution in [0.1, 0.15) is 24.0 Å². The van der Waals surface area contributed by atoms with E-state index in [1.165, 1.54) is 24.6 Å². The summed E-state index contributed by atoms with van der Waals surface area (Å²) >= 11 is 7.37. The number of aryl methyl sites for hydroxylation is 1. The van der Waals surface area contributed by atoms with Gasteiger partial charge in [-0.2, -0.15) is 0 Å². The number of hydrogen-bond acceptors (Lipinski definition) is 6. The minimum Gasteiger partial charge on any atom is -0.496 e. The molecule has 0 radical (unpaired) electrons. The molecule has 2 aliphatic rings. The molecule has 0 unspecified atom stereocenters. The van der Waals surface area contributed by atoms with Crippen molar-refractivity contribution >= 4 is 51.9 Å². The average molecular weight is 458 g/mol. The Kier molecular flexibility index (Phi) is 6.43. The number of hydrogen-bond donors (Lipinski definition) is 1. The third-order valence-corrected chi connectivity index (χ3v) is 6.45. The first kappa shape index (κ1) is 21.6. The van der Waals surface area contributed by atoms with Gasteiger partial charge in [0.1, 0.15) is 11.5 Å². The quantitative estimate of drug-likeness (QED) is 0.628. The molecule has 2 fully saturated rings. The van der Waals surface area contributed by atoms with Crippen LogP contribution in [0.3, 0.4) is 0 Å². The van der Waals surface area contributed by atoms with Crippen molar-refractivity contribution in [3.63, 3.8) is 0 Å². The Hall–Kier alpha value is -2.64. The predicted octanol–water partition coefficient (Wildman–Crippen LogP) is 5.16. The lowest BCUT2D eigenvalue weighted by atomic mass is 10.1. The Morgan fingerprint density at radius 2 is 1.87 bits per heavy atom. The lowest BCUT2D eigenvalue weighted by Crippen LogP contribution is -2.19. The Bertz CT molecular complexity index is 1080. The number of anilines is 1. The van der Waals surface area contributed by atoms with Crippen molar-refractivity contribution in [2.75, 3.05) is 32.2 Å². The number of amides is 1. The van der Waals surface area contributed by atoms with Gasteiger partial charge in [0.15, 0.2) is 5.17 Å². The number of nitrogens with zero attached hydrogens (tertiary/aromatic N) is 2. The van der Waals surface area contributed by atoms with E-state index in [0.717, 1.165) is 41.3 Å². The third kappa shape index (κ3) is 4.67. The van der Waals surface area contributed by atoms with Crippen molar-refractivity contribution in [2.24, 2.45) is 4.99 Å². The standard InChI is InChI=1S/C23H24ClN3O3S/c1-14-6-7-16(24)12-17(14)25-23-26-22(28)21(31-23)11-15-10-20(30-3)18(13-19(15)29-2)27-8-4-5-9-27/h6-7,10-13H,4-5,8-9H2,1-3H3,(H,25,26,28)/b21-11+.